The molecule has 1 rings (SSSR count). The Morgan fingerprint density at radius 3 is 2.27 bits per heavy atom. The lowest BCUT2D eigenvalue weighted by Crippen LogP contribution is -2.22. The first-order chi connectivity index (χ1) is 9.99. The summed E-state index contributed by atoms with van der Waals surface area (Å²) >= 11 is 2.67. The van der Waals surface area contributed by atoms with Crippen LogP contribution in [-0.4, -0.2) is 24.4 Å². The third-order valence-corrected chi connectivity index (χ3v) is 2.94. The van der Waals surface area contributed by atoms with Gasteiger partial charge in [-0.3, -0.25) is 9.78 Å². The van der Waals surface area contributed by atoms with Crippen LogP contribution in [0.5, 0.6) is 5.75 Å². The standard InChI is InChI=1S/C11H8BrF6NO3/c1-21-7(20)2-5-4-19-9(10(13,14)15)6(3-12)8(5)22-11(16,17)18/h4H,2-3H2,1H3. The number of alkyl halides is 7. The number of nitrogens with zero attached hydrogens (tertiary/aromatic N) is 1. The van der Waals surface area contributed by atoms with Gasteiger partial charge in [0.15, 0.2) is 5.69 Å². The number of ether oxygens (including phenoxy) is 2. The maximum Gasteiger partial charge on any atom is 0.573 e. The molecule has 0 aliphatic heterocycles. The average molecular weight is 396 g/mol. The molecule has 0 aliphatic rings. The molecule has 11 heteroatoms. The molecule has 0 saturated carbocycles. The molecular formula is C11H8BrF6NO3. The van der Waals surface area contributed by atoms with Crippen molar-refractivity contribution in [2.24, 2.45) is 0 Å². The number of carbonyl (C=O) groups is 1. The van der Waals surface area contributed by atoms with E-state index in [1.54, 1.807) is 0 Å². The van der Waals surface area contributed by atoms with E-state index < -0.39 is 52.8 Å². The Morgan fingerprint density at radius 2 is 1.86 bits per heavy atom. The number of halogens is 7. The van der Waals surface area contributed by atoms with E-state index in [0.717, 1.165) is 7.11 Å². The van der Waals surface area contributed by atoms with Crippen molar-refractivity contribution in [1.29, 1.82) is 0 Å². The Hall–Kier alpha value is -1.52. The quantitative estimate of drug-likeness (QED) is 0.444. The Bertz CT molecular complexity index is 558. The van der Waals surface area contributed by atoms with Crippen LogP contribution < -0.4 is 4.74 Å². The van der Waals surface area contributed by atoms with Crippen molar-refractivity contribution in [2.75, 3.05) is 7.11 Å². The highest BCUT2D eigenvalue weighted by molar-refractivity contribution is 9.08. The van der Waals surface area contributed by atoms with E-state index >= 15 is 0 Å². The number of hydrogen-bond acceptors (Lipinski definition) is 4. The van der Waals surface area contributed by atoms with Crippen LogP contribution in [0.3, 0.4) is 0 Å². The van der Waals surface area contributed by atoms with Crippen LogP contribution >= 0.6 is 15.9 Å². The third kappa shape index (κ3) is 4.75. The van der Waals surface area contributed by atoms with Crippen molar-refractivity contribution < 1.29 is 40.6 Å². The maximum absolute atomic E-state index is 12.8. The van der Waals surface area contributed by atoms with Crippen molar-refractivity contribution in [3.05, 3.63) is 23.0 Å². The lowest BCUT2D eigenvalue weighted by molar-refractivity contribution is -0.275. The summed E-state index contributed by atoms with van der Waals surface area (Å²) in [6, 6.07) is 0. The second-order valence-corrected chi connectivity index (χ2v) is 4.43. The molecule has 0 unspecified atom stereocenters. The Kier molecular flexibility index (Phi) is 5.65. The Balaban J connectivity index is 3.49. The zero-order valence-corrected chi connectivity index (χ0v) is 12.4. The van der Waals surface area contributed by atoms with Crippen molar-refractivity contribution in [3.8, 4) is 5.75 Å². The second kappa shape index (κ2) is 6.71. The van der Waals surface area contributed by atoms with Crippen molar-refractivity contribution in [3.63, 3.8) is 0 Å². The van der Waals surface area contributed by atoms with E-state index in [9.17, 15) is 31.1 Å². The molecule has 0 atom stereocenters. The summed E-state index contributed by atoms with van der Waals surface area (Å²) in [6.07, 6.45) is -10.4. The van der Waals surface area contributed by atoms with Gasteiger partial charge in [0, 0.05) is 22.7 Å². The number of methoxy groups -OCH3 is 1. The van der Waals surface area contributed by atoms with Crippen LogP contribution in [0.4, 0.5) is 26.3 Å². The van der Waals surface area contributed by atoms with Gasteiger partial charge in [-0.15, -0.1) is 13.2 Å². The molecule has 0 radical (unpaired) electrons. The summed E-state index contributed by atoms with van der Waals surface area (Å²) in [5, 5.41) is -0.602. The topological polar surface area (TPSA) is 48.4 Å². The SMILES string of the molecule is COC(=O)Cc1cnc(C(F)(F)F)c(CBr)c1OC(F)(F)F. The zero-order chi connectivity index (χ0) is 17.1. The monoisotopic (exact) mass is 395 g/mol. The minimum atomic E-state index is -5.23. The highest BCUT2D eigenvalue weighted by Gasteiger charge is 2.40. The highest BCUT2D eigenvalue weighted by atomic mass is 79.9. The van der Waals surface area contributed by atoms with Crippen molar-refractivity contribution in [1.82, 2.24) is 4.98 Å². The highest BCUT2D eigenvalue weighted by Crippen LogP contribution is 2.39. The fourth-order valence-corrected chi connectivity index (χ4v) is 2.07. The van der Waals surface area contributed by atoms with Crippen LogP contribution in [0, 0.1) is 0 Å². The van der Waals surface area contributed by atoms with E-state index in [1.165, 1.54) is 0 Å². The number of aromatic nitrogens is 1. The summed E-state index contributed by atoms with van der Waals surface area (Å²) < 4.78 is 83.6. The van der Waals surface area contributed by atoms with Crippen LogP contribution in [-0.2, 0) is 27.5 Å². The van der Waals surface area contributed by atoms with E-state index in [4.69, 9.17) is 0 Å². The van der Waals surface area contributed by atoms with Gasteiger partial charge in [-0.1, -0.05) is 15.9 Å². The average Bonchev–Trinajstić information content (AvgIpc) is 2.37. The van der Waals surface area contributed by atoms with E-state index in [-0.39, 0.29) is 0 Å². The Labute approximate surface area is 128 Å². The minimum Gasteiger partial charge on any atom is -0.469 e. The first-order valence-corrected chi connectivity index (χ1v) is 6.58. The van der Waals surface area contributed by atoms with Crippen molar-refractivity contribution in [2.45, 2.75) is 24.3 Å². The van der Waals surface area contributed by atoms with E-state index in [0.29, 0.717) is 6.20 Å². The molecule has 1 aromatic heterocycles. The van der Waals surface area contributed by atoms with Crippen molar-refractivity contribution >= 4 is 21.9 Å². The number of rotatable bonds is 4. The van der Waals surface area contributed by atoms with Gasteiger partial charge in [-0.2, -0.15) is 13.2 Å². The largest absolute Gasteiger partial charge is 0.573 e. The lowest BCUT2D eigenvalue weighted by atomic mass is 10.1. The summed E-state index contributed by atoms with van der Waals surface area (Å²) in [7, 11) is 0.982. The van der Waals surface area contributed by atoms with Gasteiger partial charge in [0.1, 0.15) is 5.75 Å². The molecule has 0 spiro atoms. The first kappa shape index (κ1) is 18.5. The molecule has 4 nitrogen and oxygen atoms in total. The van der Waals surface area contributed by atoms with Crippen LogP contribution in [0.25, 0.3) is 0 Å². The first-order valence-electron chi connectivity index (χ1n) is 5.46. The molecule has 0 saturated heterocycles. The summed E-state index contributed by atoms with van der Waals surface area (Å²) in [4.78, 5) is 14.2. The molecule has 0 bridgehead atoms. The molecule has 0 N–H and O–H groups in total. The van der Waals surface area contributed by atoms with Gasteiger partial charge in [0.05, 0.1) is 13.5 Å². The molecule has 22 heavy (non-hydrogen) atoms. The summed E-state index contributed by atoms with van der Waals surface area (Å²) in [5.74, 6) is -2.06. The van der Waals surface area contributed by atoms with E-state index in [1.807, 2.05) is 0 Å². The predicted molar refractivity (Wildman–Crippen MR) is 64.3 cm³/mol. The molecule has 0 amide bonds. The third-order valence-electron chi connectivity index (χ3n) is 2.38. The molecular weight excluding hydrogens is 388 g/mol. The lowest BCUT2D eigenvalue weighted by Gasteiger charge is -2.19. The summed E-state index contributed by atoms with van der Waals surface area (Å²) in [5.41, 5.74) is -2.85. The fourth-order valence-electron chi connectivity index (χ4n) is 1.55. The minimum absolute atomic E-state index is 0.466. The Morgan fingerprint density at radius 1 is 1.27 bits per heavy atom. The number of esters is 1. The maximum atomic E-state index is 12.8. The molecule has 0 fully saturated rings. The van der Waals surface area contributed by atoms with Gasteiger partial charge < -0.3 is 9.47 Å². The molecule has 0 aromatic carbocycles. The second-order valence-electron chi connectivity index (χ2n) is 3.87. The van der Waals surface area contributed by atoms with Gasteiger partial charge in [0.2, 0.25) is 0 Å². The van der Waals surface area contributed by atoms with E-state index in [2.05, 4.69) is 30.4 Å². The van der Waals surface area contributed by atoms with Gasteiger partial charge in [-0.25, -0.2) is 0 Å². The fraction of sp³-hybridized carbons (Fsp3) is 0.455. The number of hydrogen-bond donors (Lipinski definition) is 0. The smallest absolute Gasteiger partial charge is 0.469 e. The zero-order valence-electron chi connectivity index (χ0n) is 10.8. The normalized spacial score (nSPS) is 12.2. The molecule has 0 aliphatic carbocycles. The molecule has 1 aromatic rings. The van der Waals surface area contributed by atoms with Gasteiger partial charge in [0.25, 0.3) is 0 Å². The number of carbonyl (C=O) groups excluding carboxylic acids is 1. The van der Waals surface area contributed by atoms with Crippen LogP contribution in [0.2, 0.25) is 0 Å². The molecule has 1 heterocycles. The predicted octanol–water partition coefficient (Wildman–Crippen LogP) is 3.61. The van der Waals surface area contributed by atoms with Crippen LogP contribution in [0.15, 0.2) is 6.20 Å². The van der Waals surface area contributed by atoms with Crippen LogP contribution in [0.1, 0.15) is 16.8 Å². The van der Waals surface area contributed by atoms with Gasteiger partial charge >= 0.3 is 18.5 Å². The molecule has 124 valence electrons. The number of pyridine rings is 1. The van der Waals surface area contributed by atoms with Gasteiger partial charge in [-0.05, 0) is 0 Å². The summed E-state index contributed by atoms with van der Waals surface area (Å²) in [6.45, 7) is 0.